The minimum absolute atomic E-state index is 0.877. The molecule has 0 aliphatic carbocycles. The Morgan fingerprint density at radius 3 is 2.67 bits per heavy atom. The van der Waals surface area contributed by atoms with Crippen molar-refractivity contribution in [1.82, 2.24) is 5.32 Å². The van der Waals surface area contributed by atoms with Crippen LogP contribution in [0.1, 0.15) is 40.0 Å². The molecule has 72 valence electrons. The Labute approximate surface area is 76.9 Å². The van der Waals surface area contributed by atoms with E-state index in [-0.39, 0.29) is 0 Å². The fraction of sp³-hybridized carbons (Fsp3) is 1.00. The van der Waals surface area contributed by atoms with Crippen LogP contribution in [0.5, 0.6) is 0 Å². The minimum atomic E-state index is 0.877. The van der Waals surface area contributed by atoms with Gasteiger partial charge in [0.25, 0.3) is 0 Å². The lowest BCUT2D eigenvalue weighted by Gasteiger charge is -2.28. The van der Waals surface area contributed by atoms with Gasteiger partial charge in [0, 0.05) is 0 Å². The van der Waals surface area contributed by atoms with Gasteiger partial charge in [-0.05, 0) is 43.7 Å². The van der Waals surface area contributed by atoms with Gasteiger partial charge in [0.1, 0.15) is 0 Å². The average molecular weight is 169 g/mol. The minimum Gasteiger partial charge on any atom is -0.316 e. The van der Waals surface area contributed by atoms with Crippen LogP contribution in [0.4, 0.5) is 0 Å². The molecule has 0 radical (unpaired) electrons. The molecule has 0 amide bonds. The summed E-state index contributed by atoms with van der Waals surface area (Å²) in [4.78, 5) is 0. The van der Waals surface area contributed by atoms with Crippen molar-refractivity contribution in [3.05, 3.63) is 0 Å². The van der Waals surface area contributed by atoms with Crippen LogP contribution in [0.25, 0.3) is 0 Å². The van der Waals surface area contributed by atoms with Gasteiger partial charge in [-0.2, -0.15) is 0 Å². The smallest absolute Gasteiger partial charge is 0.00203 e. The van der Waals surface area contributed by atoms with Crippen LogP contribution in [0.3, 0.4) is 0 Å². The topological polar surface area (TPSA) is 12.0 Å². The van der Waals surface area contributed by atoms with E-state index in [1.807, 2.05) is 0 Å². The van der Waals surface area contributed by atoms with E-state index in [0.717, 1.165) is 17.8 Å². The van der Waals surface area contributed by atoms with Crippen molar-refractivity contribution in [3.63, 3.8) is 0 Å². The van der Waals surface area contributed by atoms with Crippen LogP contribution in [0.2, 0.25) is 0 Å². The molecule has 1 aliphatic heterocycles. The first-order valence-electron chi connectivity index (χ1n) is 5.39. The molecule has 0 aromatic carbocycles. The van der Waals surface area contributed by atoms with E-state index < -0.39 is 0 Å². The maximum atomic E-state index is 3.51. The second kappa shape index (κ2) is 4.86. The standard InChI is InChI=1S/C11H23N/c1-9(2)4-5-11-6-10(3)7-12-8-11/h9-12H,4-8H2,1-3H3. The van der Waals surface area contributed by atoms with Crippen molar-refractivity contribution >= 4 is 0 Å². The molecule has 1 saturated heterocycles. The Balaban J connectivity index is 2.14. The van der Waals surface area contributed by atoms with Crippen molar-refractivity contribution < 1.29 is 0 Å². The van der Waals surface area contributed by atoms with Crippen LogP contribution in [-0.2, 0) is 0 Å². The SMILES string of the molecule is CC(C)CCC1CNCC(C)C1. The molecule has 1 fully saturated rings. The Kier molecular flexibility index (Phi) is 4.07. The zero-order valence-corrected chi connectivity index (χ0v) is 8.77. The van der Waals surface area contributed by atoms with E-state index in [0.29, 0.717) is 0 Å². The summed E-state index contributed by atoms with van der Waals surface area (Å²) in [7, 11) is 0. The van der Waals surface area contributed by atoms with Gasteiger partial charge in [-0.1, -0.05) is 27.2 Å². The summed E-state index contributed by atoms with van der Waals surface area (Å²) in [5.74, 6) is 2.73. The molecule has 2 atom stereocenters. The molecule has 1 heteroatoms. The van der Waals surface area contributed by atoms with Crippen LogP contribution in [0, 0.1) is 17.8 Å². The average Bonchev–Trinajstić information content (AvgIpc) is 2.01. The van der Waals surface area contributed by atoms with Gasteiger partial charge in [-0.15, -0.1) is 0 Å². The van der Waals surface area contributed by atoms with E-state index in [9.17, 15) is 0 Å². The zero-order chi connectivity index (χ0) is 8.97. The lowest BCUT2D eigenvalue weighted by atomic mass is 9.87. The summed E-state index contributed by atoms with van der Waals surface area (Å²) in [5.41, 5.74) is 0. The molecule has 0 aromatic rings. The molecule has 1 nitrogen and oxygen atoms in total. The summed E-state index contributed by atoms with van der Waals surface area (Å²) in [6.45, 7) is 9.49. The van der Waals surface area contributed by atoms with E-state index in [1.165, 1.54) is 32.4 Å². The van der Waals surface area contributed by atoms with Crippen molar-refractivity contribution in [1.29, 1.82) is 0 Å². The lowest BCUT2D eigenvalue weighted by Crippen LogP contribution is -2.35. The van der Waals surface area contributed by atoms with Gasteiger partial charge in [0.05, 0.1) is 0 Å². The Morgan fingerprint density at radius 1 is 1.33 bits per heavy atom. The van der Waals surface area contributed by atoms with Gasteiger partial charge in [-0.25, -0.2) is 0 Å². The van der Waals surface area contributed by atoms with E-state index >= 15 is 0 Å². The van der Waals surface area contributed by atoms with E-state index in [1.54, 1.807) is 0 Å². The maximum absolute atomic E-state index is 3.51. The predicted octanol–water partition coefficient (Wildman–Crippen LogP) is 2.67. The molecule has 1 heterocycles. The molecular formula is C11H23N. The highest BCUT2D eigenvalue weighted by molar-refractivity contribution is 4.73. The van der Waals surface area contributed by atoms with Gasteiger partial charge >= 0.3 is 0 Å². The van der Waals surface area contributed by atoms with E-state index in [2.05, 4.69) is 26.1 Å². The fourth-order valence-corrected chi connectivity index (χ4v) is 2.06. The first-order chi connectivity index (χ1) is 5.68. The van der Waals surface area contributed by atoms with E-state index in [4.69, 9.17) is 0 Å². The zero-order valence-electron chi connectivity index (χ0n) is 8.77. The summed E-state index contributed by atoms with van der Waals surface area (Å²) < 4.78 is 0. The molecule has 12 heavy (non-hydrogen) atoms. The number of hydrogen-bond acceptors (Lipinski definition) is 1. The highest BCUT2D eigenvalue weighted by Crippen LogP contribution is 2.21. The van der Waals surface area contributed by atoms with Gasteiger partial charge < -0.3 is 5.32 Å². The first kappa shape index (κ1) is 10.0. The van der Waals surface area contributed by atoms with Gasteiger partial charge in [0.15, 0.2) is 0 Å². The molecule has 2 unspecified atom stereocenters. The number of piperidine rings is 1. The third kappa shape index (κ3) is 3.57. The molecule has 1 rings (SSSR count). The molecule has 0 saturated carbocycles. The van der Waals surface area contributed by atoms with Crippen LogP contribution >= 0.6 is 0 Å². The Hall–Kier alpha value is -0.0400. The summed E-state index contributed by atoms with van der Waals surface area (Å²) in [6.07, 6.45) is 4.27. The molecular weight excluding hydrogens is 146 g/mol. The molecule has 1 aliphatic rings. The normalized spacial score (nSPS) is 31.0. The van der Waals surface area contributed by atoms with Crippen LogP contribution in [-0.4, -0.2) is 13.1 Å². The Bertz CT molecular complexity index is 120. The second-order valence-corrected chi connectivity index (χ2v) is 4.84. The van der Waals surface area contributed by atoms with Gasteiger partial charge in [-0.3, -0.25) is 0 Å². The van der Waals surface area contributed by atoms with Gasteiger partial charge in [0.2, 0.25) is 0 Å². The number of rotatable bonds is 3. The summed E-state index contributed by atoms with van der Waals surface area (Å²) >= 11 is 0. The Morgan fingerprint density at radius 2 is 2.08 bits per heavy atom. The number of nitrogens with one attached hydrogen (secondary N) is 1. The van der Waals surface area contributed by atoms with Crippen LogP contribution < -0.4 is 5.32 Å². The third-order valence-corrected chi connectivity index (χ3v) is 2.81. The van der Waals surface area contributed by atoms with Crippen molar-refractivity contribution in [2.45, 2.75) is 40.0 Å². The van der Waals surface area contributed by atoms with Crippen molar-refractivity contribution in [2.75, 3.05) is 13.1 Å². The largest absolute Gasteiger partial charge is 0.316 e. The maximum Gasteiger partial charge on any atom is -0.00203 e. The molecule has 0 bridgehead atoms. The lowest BCUT2D eigenvalue weighted by molar-refractivity contribution is 0.276. The third-order valence-electron chi connectivity index (χ3n) is 2.81. The predicted molar refractivity (Wildman–Crippen MR) is 54.2 cm³/mol. The van der Waals surface area contributed by atoms with Crippen molar-refractivity contribution in [2.24, 2.45) is 17.8 Å². The summed E-state index contributed by atoms with van der Waals surface area (Å²) in [6, 6.07) is 0. The highest BCUT2D eigenvalue weighted by atomic mass is 14.9. The fourth-order valence-electron chi connectivity index (χ4n) is 2.06. The number of hydrogen-bond donors (Lipinski definition) is 1. The monoisotopic (exact) mass is 169 g/mol. The van der Waals surface area contributed by atoms with Crippen molar-refractivity contribution in [3.8, 4) is 0 Å². The summed E-state index contributed by atoms with van der Waals surface area (Å²) in [5, 5.41) is 3.51. The van der Waals surface area contributed by atoms with Crippen LogP contribution in [0.15, 0.2) is 0 Å². The molecule has 0 aromatic heterocycles. The molecule has 0 spiro atoms. The molecule has 1 N–H and O–H groups in total. The second-order valence-electron chi connectivity index (χ2n) is 4.84. The quantitative estimate of drug-likeness (QED) is 0.685. The highest BCUT2D eigenvalue weighted by Gasteiger charge is 2.17. The first-order valence-corrected chi connectivity index (χ1v) is 5.39.